The van der Waals surface area contributed by atoms with E-state index in [0.29, 0.717) is 12.4 Å². The van der Waals surface area contributed by atoms with Crippen molar-refractivity contribution in [2.75, 3.05) is 6.61 Å². The van der Waals surface area contributed by atoms with Gasteiger partial charge in [0.15, 0.2) is 0 Å². The number of ether oxygens (including phenoxy) is 1. The summed E-state index contributed by atoms with van der Waals surface area (Å²) in [7, 11) is 0. The largest absolute Gasteiger partial charge is 0.477 e. The molecule has 0 spiro atoms. The van der Waals surface area contributed by atoms with Crippen LogP contribution < -0.4 is 10.5 Å². The van der Waals surface area contributed by atoms with Gasteiger partial charge < -0.3 is 10.5 Å². The summed E-state index contributed by atoms with van der Waals surface area (Å²) in [6.07, 6.45) is 4.34. The van der Waals surface area contributed by atoms with E-state index < -0.39 is 0 Å². The first-order valence-electron chi connectivity index (χ1n) is 4.66. The number of nitrogens with zero attached hydrogens (tertiary/aromatic N) is 1. The monoisotopic (exact) mass is 178 g/mol. The molecule has 1 saturated carbocycles. The van der Waals surface area contributed by atoms with Gasteiger partial charge in [-0.15, -0.1) is 0 Å². The van der Waals surface area contributed by atoms with Crippen LogP contribution in [0.15, 0.2) is 18.3 Å². The Morgan fingerprint density at radius 1 is 1.54 bits per heavy atom. The van der Waals surface area contributed by atoms with E-state index in [-0.39, 0.29) is 0 Å². The summed E-state index contributed by atoms with van der Waals surface area (Å²) in [6.45, 7) is 1.35. The number of hydrogen-bond donors (Lipinski definition) is 1. The molecule has 0 aliphatic heterocycles. The van der Waals surface area contributed by atoms with Crippen molar-refractivity contribution in [2.24, 2.45) is 11.7 Å². The quantitative estimate of drug-likeness (QED) is 0.756. The first kappa shape index (κ1) is 8.51. The second-order valence-corrected chi connectivity index (χ2v) is 3.46. The van der Waals surface area contributed by atoms with Crippen molar-refractivity contribution in [1.29, 1.82) is 0 Å². The highest BCUT2D eigenvalue weighted by molar-refractivity contribution is 5.20. The molecule has 1 fully saturated rings. The zero-order chi connectivity index (χ0) is 9.10. The van der Waals surface area contributed by atoms with Gasteiger partial charge in [-0.25, -0.2) is 4.98 Å². The van der Waals surface area contributed by atoms with Crippen molar-refractivity contribution in [3.63, 3.8) is 0 Å². The Kier molecular flexibility index (Phi) is 2.45. The molecule has 2 rings (SSSR count). The maximum atomic E-state index is 5.51. The fourth-order valence-corrected chi connectivity index (χ4v) is 1.14. The second kappa shape index (κ2) is 3.75. The lowest BCUT2D eigenvalue weighted by Crippen LogP contribution is -2.02. The predicted molar refractivity (Wildman–Crippen MR) is 50.3 cm³/mol. The molecule has 0 aromatic carbocycles. The van der Waals surface area contributed by atoms with Crippen LogP contribution in [0.3, 0.4) is 0 Å². The van der Waals surface area contributed by atoms with Crippen LogP contribution in [0.4, 0.5) is 0 Å². The number of pyridine rings is 1. The summed E-state index contributed by atoms with van der Waals surface area (Å²) in [6, 6.07) is 3.81. The first-order valence-corrected chi connectivity index (χ1v) is 4.66. The molecule has 1 aliphatic carbocycles. The van der Waals surface area contributed by atoms with Crippen LogP contribution in [-0.4, -0.2) is 11.6 Å². The highest BCUT2D eigenvalue weighted by Crippen LogP contribution is 2.29. The number of aromatic nitrogens is 1. The van der Waals surface area contributed by atoms with Crippen LogP contribution in [0.5, 0.6) is 5.88 Å². The van der Waals surface area contributed by atoms with E-state index in [1.807, 2.05) is 12.1 Å². The Morgan fingerprint density at radius 3 is 3.08 bits per heavy atom. The fraction of sp³-hybridized carbons (Fsp3) is 0.500. The summed E-state index contributed by atoms with van der Waals surface area (Å²) in [5.74, 6) is 1.47. The molecule has 0 amide bonds. The van der Waals surface area contributed by atoms with E-state index in [1.54, 1.807) is 6.20 Å². The molecule has 1 aromatic rings. The SMILES string of the molecule is NCc1ccnc(OCC2CC2)c1. The van der Waals surface area contributed by atoms with Crippen molar-refractivity contribution in [1.82, 2.24) is 4.98 Å². The molecule has 1 heterocycles. The van der Waals surface area contributed by atoms with E-state index in [1.165, 1.54) is 12.8 Å². The van der Waals surface area contributed by atoms with Crippen molar-refractivity contribution >= 4 is 0 Å². The summed E-state index contributed by atoms with van der Waals surface area (Å²) in [4.78, 5) is 4.11. The maximum Gasteiger partial charge on any atom is 0.213 e. The minimum absolute atomic E-state index is 0.544. The van der Waals surface area contributed by atoms with Gasteiger partial charge in [0, 0.05) is 18.8 Å². The fourth-order valence-electron chi connectivity index (χ4n) is 1.14. The topological polar surface area (TPSA) is 48.1 Å². The van der Waals surface area contributed by atoms with Gasteiger partial charge in [-0.2, -0.15) is 0 Å². The van der Waals surface area contributed by atoms with Crippen LogP contribution in [0.2, 0.25) is 0 Å². The standard InChI is InChI=1S/C10H14N2O/c11-6-9-3-4-12-10(5-9)13-7-8-1-2-8/h3-5,8H,1-2,6-7,11H2. The molecule has 70 valence electrons. The van der Waals surface area contributed by atoms with Crippen LogP contribution in [0.25, 0.3) is 0 Å². The molecule has 3 nitrogen and oxygen atoms in total. The average Bonchev–Trinajstić information content (AvgIpc) is 2.99. The summed E-state index contributed by atoms with van der Waals surface area (Å²) in [5, 5.41) is 0. The van der Waals surface area contributed by atoms with E-state index in [4.69, 9.17) is 10.5 Å². The zero-order valence-electron chi connectivity index (χ0n) is 7.57. The zero-order valence-corrected chi connectivity index (χ0v) is 7.57. The smallest absolute Gasteiger partial charge is 0.213 e. The van der Waals surface area contributed by atoms with Gasteiger partial charge in [0.2, 0.25) is 5.88 Å². The van der Waals surface area contributed by atoms with Gasteiger partial charge in [-0.1, -0.05) is 0 Å². The predicted octanol–water partition coefficient (Wildman–Crippen LogP) is 1.33. The van der Waals surface area contributed by atoms with Gasteiger partial charge in [0.1, 0.15) is 0 Å². The lowest BCUT2D eigenvalue weighted by atomic mass is 10.3. The van der Waals surface area contributed by atoms with Crippen LogP contribution >= 0.6 is 0 Å². The van der Waals surface area contributed by atoms with Gasteiger partial charge in [-0.3, -0.25) is 0 Å². The molecular formula is C10H14N2O. The van der Waals surface area contributed by atoms with Crippen molar-refractivity contribution in [3.8, 4) is 5.88 Å². The number of hydrogen-bond acceptors (Lipinski definition) is 3. The third-order valence-corrected chi connectivity index (χ3v) is 2.20. The van der Waals surface area contributed by atoms with Crippen LogP contribution in [0.1, 0.15) is 18.4 Å². The molecule has 1 aliphatic rings. The van der Waals surface area contributed by atoms with Gasteiger partial charge in [-0.05, 0) is 30.4 Å². The van der Waals surface area contributed by atoms with E-state index in [9.17, 15) is 0 Å². The summed E-state index contributed by atoms with van der Waals surface area (Å²) >= 11 is 0. The third kappa shape index (κ3) is 2.42. The van der Waals surface area contributed by atoms with E-state index in [0.717, 1.165) is 18.1 Å². The van der Waals surface area contributed by atoms with Crippen LogP contribution in [-0.2, 0) is 6.54 Å². The molecular weight excluding hydrogens is 164 g/mol. The molecule has 0 atom stereocenters. The molecule has 0 bridgehead atoms. The van der Waals surface area contributed by atoms with Gasteiger partial charge in [0.25, 0.3) is 0 Å². The summed E-state index contributed by atoms with van der Waals surface area (Å²) in [5.41, 5.74) is 6.57. The minimum Gasteiger partial charge on any atom is -0.477 e. The molecule has 0 saturated heterocycles. The first-order chi connectivity index (χ1) is 6.38. The van der Waals surface area contributed by atoms with E-state index in [2.05, 4.69) is 4.98 Å². The van der Waals surface area contributed by atoms with Gasteiger partial charge in [0.05, 0.1) is 6.61 Å². The Balaban J connectivity index is 1.93. The Morgan fingerprint density at radius 2 is 2.38 bits per heavy atom. The molecule has 2 N–H and O–H groups in total. The Labute approximate surface area is 77.9 Å². The molecule has 0 radical (unpaired) electrons. The lowest BCUT2D eigenvalue weighted by Gasteiger charge is -2.04. The Hall–Kier alpha value is -1.09. The highest BCUT2D eigenvalue weighted by Gasteiger charge is 2.21. The van der Waals surface area contributed by atoms with Crippen molar-refractivity contribution in [2.45, 2.75) is 19.4 Å². The normalized spacial score (nSPS) is 15.8. The highest BCUT2D eigenvalue weighted by atomic mass is 16.5. The molecule has 0 unspecified atom stereocenters. The number of rotatable bonds is 4. The molecule has 1 aromatic heterocycles. The lowest BCUT2D eigenvalue weighted by molar-refractivity contribution is 0.288. The maximum absolute atomic E-state index is 5.51. The summed E-state index contributed by atoms with van der Waals surface area (Å²) < 4.78 is 5.51. The van der Waals surface area contributed by atoms with Crippen LogP contribution in [0, 0.1) is 5.92 Å². The average molecular weight is 178 g/mol. The minimum atomic E-state index is 0.544. The van der Waals surface area contributed by atoms with Crippen molar-refractivity contribution < 1.29 is 4.74 Å². The third-order valence-electron chi connectivity index (χ3n) is 2.20. The number of nitrogens with two attached hydrogens (primary N) is 1. The van der Waals surface area contributed by atoms with Gasteiger partial charge >= 0.3 is 0 Å². The van der Waals surface area contributed by atoms with Crippen molar-refractivity contribution in [3.05, 3.63) is 23.9 Å². The Bertz CT molecular complexity index is 284. The molecule has 3 heteroatoms. The molecule has 13 heavy (non-hydrogen) atoms. The van der Waals surface area contributed by atoms with E-state index >= 15 is 0 Å². The second-order valence-electron chi connectivity index (χ2n) is 3.46.